The average molecular weight is 553 g/mol. The third-order valence-corrected chi connectivity index (χ3v) is 9.16. The topological polar surface area (TPSA) is 106 Å². The van der Waals surface area contributed by atoms with Crippen molar-refractivity contribution >= 4 is 39.2 Å². The lowest BCUT2D eigenvalue weighted by Crippen LogP contribution is -2.45. The number of aromatic nitrogens is 2. The van der Waals surface area contributed by atoms with Crippen molar-refractivity contribution in [1.82, 2.24) is 19.8 Å². The molecular formula is C28H36N6O4S. The number of fused-ring (bicyclic) bond motifs is 3. The summed E-state index contributed by atoms with van der Waals surface area (Å²) in [6.07, 6.45) is 0.706. The van der Waals surface area contributed by atoms with Crippen LogP contribution < -0.4 is 9.80 Å². The first-order chi connectivity index (χ1) is 18.8. The highest BCUT2D eigenvalue weighted by Crippen LogP contribution is 2.41. The molecule has 11 heteroatoms. The van der Waals surface area contributed by atoms with Gasteiger partial charge in [0.2, 0.25) is 5.95 Å². The zero-order chi connectivity index (χ0) is 27.3. The molecule has 2 saturated heterocycles. The number of ether oxygens (including phenoxy) is 1. The number of nitrogens with zero attached hydrogens (tertiary/aromatic N) is 6. The second kappa shape index (κ2) is 10.4. The van der Waals surface area contributed by atoms with Crippen molar-refractivity contribution in [1.29, 1.82) is 0 Å². The normalized spacial score (nSPS) is 18.7. The van der Waals surface area contributed by atoms with E-state index in [0.29, 0.717) is 38.3 Å². The fraction of sp³-hybridized carbons (Fsp3) is 0.536. The number of phenolic OH excluding ortho intramolecular Hbond substituents is 2. The van der Waals surface area contributed by atoms with Crippen molar-refractivity contribution in [3.8, 4) is 11.5 Å². The minimum atomic E-state index is -0.225. The molecule has 10 nitrogen and oxygen atoms in total. The summed E-state index contributed by atoms with van der Waals surface area (Å²) in [6.45, 7) is 11.6. The smallest absolute Gasteiger partial charge is 0.257 e. The molecule has 1 aromatic carbocycles. The van der Waals surface area contributed by atoms with Gasteiger partial charge in [0.25, 0.3) is 5.91 Å². The fourth-order valence-corrected chi connectivity index (χ4v) is 6.91. The van der Waals surface area contributed by atoms with Crippen molar-refractivity contribution in [2.24, 2.45) is 0 Å². The Bertz CT molecular complexity index is 1390. The number of thiophene rings is 1. The summed E-state index contributed by atoms with van der Waals surface area (Å²) in [4.78, 5) is 34.5. The third kappa shape index (κ3) is 4.87. The molecule has 0 aliphatic carbocycles. The number of carbonyl (C=O) groups excluding carboxylic acids is 1. The quantitative estimate of drug-likeness (QED) is 0.505. The van der Waals surface area contributed by atoms with E-state index in [1.807, 2.05) is 13.8 Å². The first-order valence-electron chi connectivity index (χ1n) is 13.7. The number of morpholine rings is 1. The van der Waals surface area contributed by atoms with Crippen molar-refractivity contribution in [2.45, 2.75) is 32.7 Å². The number of likely N-dealkylation sites (N-methyl/N-ethyl adjacent to an activating group) is 1. The SMILES string of the molecule is CC(C)c1cc(C(=O)N2CCc3c(sc4nc(N5CCOCC5)nc(N5CCN(C)CC5)c34)C2)c(O)cc1O. The molecule has 39 heavy (non-hydrogen) atoms. The molecule has 208 valence electrons. The number of amides is 1. The average Bonchev–Trinajstić information content (AvgIpc) is 3.31. The van der Waals surface area contributed by atoms with Gasteiger partial charge in [-0.25, -0.2) is 4.98 Å². The fourth-order valence-electron chi connectivity index (χ4n) is 5.69. The van der Waals surface area contributed by atoms with Crippen LogP contribution in [0, 0.1) is 0 Å². The monoisotopic (exact) mass is 552 g/mol. The number of hydrogen-bond acceptors (Lipinski definition) is 10. The highest BCUT2D eigenvalue weighted by Gasteiger charge is 2.31. The van der Waals surface area contributed by atoms with E-state index in [0.717, 1.165) is 66.1 Å². The van der Waals surface area contributed by atoms with Crippen LogP contribution in [0.3, 0.4) is 0 Å². The van der Waals surface area contributed by atoms with E-state index < -0.39 is 0 Å². The van der Waals surface area contributed by atoms with Crippen LogP contribution in [0.1, 0.15) is 46.1 Å². The number of aromatic hydroxyl groups is 2. The summed E-state index contributed by atoms with van der Waals surface area (Å²) >= 11 is 1.65. The van der Waals surface area contributed by atoms with Gasteiger partial charge in [0, 0.05) is 56.8 Å². The Morgan fingerprint density at radius 2 is 1.72 bits per heavy atom. The first kappa shape index (κ1) is 26.1. The molecule has 0 bridgehead atoms. The number of hydrogen-bond donors (Lipinski definition) is 2. The molecule has 6 rings (SSSR count). The van der Waals surface area contributed by atoms with Gasteiger partial charge in [-0.05, 0) is 36.6 Å². The van der Waals surface area contributed by atoms with Crippen LogP contribution in [0.2, 0.25) is 0 Å². The Morgan fingerprint density at radius 1 is 0.974 bits per heavy atom. The van der Waals surface area contributed by atoms with E-state index in [9.17, 15) is 15.0 Å². The molecule has 0 atom stereocenters. The van der Waals surface area contributed by atoms with Gasteiger partial charge in [-0.15, -0.1) is 11.3 Å². The molecule has 1 amide bonds. The van der Waals surface area contributed by atoms with Crippen LogP contribution in [0.5, 0.6) is 11.5 Å². The molecule has 3 aliphatic rings. The van der Waals surface area contributed by atoms with Crippen molar-refractivity contribution in [3.63, 3.8) is 0 Å². The van der Waals surface area contributed by atoms with Gasteiger partial charge in [-0.2, -0.15) is 4.98 Å². The van der Waals surface area contributed by atoms with E-state index in [1.165, 1.54) is 11.6 Å². The molecule has 0 saturated carbocycles. The summed E-state index contributed by atoms with van der Waals surface area (Å²) in [5.41, 5.74) is 2.12. The summed E-state index contributed by atoms with van der Waals surface area (Å²) < 4.78 is 5.56. The van der Waals surface area contributed by atoms with Gasteiger partial charge >= 0.3 is 0 Å². The van der Waals surface area contributed by atoms with Gasteiger partial charge < -0.3 is 34.5 Å². The molecule has 0 radical (unpaired) electrons. The Hall–Kier alpha value is -3.15. The van der Waals surface area contributed by atoms with E-state index in [1.54, 1.807) is 22.3 Å². The predicted octanol–water partition coefficient (Wildman–Crippen LogP) is 3.01. The second-order valence-electron chi connectivity index (χ2n) is 11.0. The van der Waals surface area contributed by atoms with E-state index in [2.05, 4.69) is 21.7 Å². The minimum Gasteiger partial charge on any atom is -0.508 e. The van der Waals surface area contributed by atoms with Crippen LogP contribution >= 0.6 is 11.3 Å². The standard InChI is InChI=1S/C28H36N6O4S/c1-17(2)19-14-20(22(36)15-21(19)35)27(37)34-5-4-18-23(16-34)39-26-24(18)25(32-8-6-31(3)7-9-32)29-28(30-26)33-10-12-38-13-11-33/h14-15,17,35-36H,4-13,16H2,1-3H3. The van der Waals surface area contributed by atoms with Gasteiger partial charge in [0.15, 0.2) is 0 Å². The maximum atomic E-state index is 13.6. The van der Waals surface area contributed by atoms with Gasteiger partial charge in [-0.1, -0.05) is 13.8 Å². The number of anilines is 2. The number of phenols is 2. The molecule has 2 fully saturated rings. The second-order valence-corrected chi connectivity index (χ2v) is 12.1. The van der Waals surface area contributed by atoms with E-state index in [4.69, 9.17) is 14.7 Å². The van der Waals surface area contributed by atoms with Crippen molar-refractivity contribution in [2.75, 3.05) is 75.9 Å². The Kier molecular flexibility index (Phi) is 6.98. The Labute approximate surface area is 232 Å². The summed E-state index contributed by atoms with van der Waals surface area (Å²) in [5.74, 6) is 1.38. The maximum Gasteiger partial charge on any atom is 0.257 e. The van der Waals surface area contributed by atoms with Crippen molar-refractivity contribution in [3.05, 3.63) is 33.7 Å². The van der Waals surface area contributed by atoms with Crippen LogP contribution in [0.15, 0.2) is 12.1 Å². The summed E-state index contributed by atoms with van der Waals surface area (Å²) in [7, 11) is 2.15. The Morgan fingerprint density at radius 3 is 2.44 bits per heavy atom. The third-order valence-electron chi connectivity index (χ3n) is 8.05. The lowest BCUT2D eigenvalue weighted by molar-refractivity contribution is 0.0734. The summed E-state index contributed by atoms with van der Waals surface area (Å²) in [5, 5.41) is 21.9. The lowest BCUT2D eigenvalue weighted by atomic mass is 9.97. The molecule has 2 aromatic heterocycles. The molecule has 3 aliphatic heterocycles. The van der Waals surface area contributed by atoms with Crippen LogP contribution in [0.4, 0.5) is 11.8 Å². The minimum absolute atomic E-state index is 0.00979. The van der Waals surface area contributed by atoms with E-state index >= 15 is 0 Å². The molecule has 0 spiro atoms. The molecule has 3 aromatic rings. The molecule has 2 N–H and O–H groups in total. The zero-order valence-corrected chi connectivity index (χ0v) is 23.6. The number of rotatable bonds is 4. The molecule has 5 heterocycles. The first-order valence-corrected chi connectivity index (χ1v) is 14.6. The maximum absolute atomic E-state index is 13.6. The number of piperazine rings is 1. The molecular weight excluding hydrogens is 516 g/mol. The van der Waals surface area contributed by atoms with Crippen molar-refractivity contribution < 1.29 is 19.7 Å². The highest BCUT2D eigenvalue weighted by atomic mass is 32.1. The predicted molar refractivity (Wildman–Crippen MR) is 152 cm³/mol. The van der Waals surface area contributed by atoms with Gasteiger partial charge in [-0.3, -0.25) is 4.79 Å². The summed E-state index contributed by atoms with van der Waals surface area (Å²) in [6, 6.07) is 2.91. The highest BCUT2D eigenvalue weighted by molar-refractivity contribution is 7.19. The largest absolute Gasteiger partial charge is 0.508 e. The van der Waals surface area contributed by atoms with Crippen LogP contribution in [0.25, 0.3) is 10.2 Å². The number of carbonyl (C=O) groups is 1. The van der Waals surface area contributed by atoms with Crippen LogP contribution in [-0.4, -0.2) is 102 Å². The van der Waals surface area contributed by atoms with Gasteiger partial charge in [0.05, 0.1) is 30.7 Å². The van der Waals surface area contributed by atoms with E-state index in [-0.39, 0.29) is 28.9 Å². The van der Waals surface area contributed by atoms with Crippen LogP contribution in [-0.2, 0) is 17.7 Å². The molecule has 0 unspecified atom stereocenters. The Balaban J connectivity index is 1.36. The lowest BCUT2D eigenvalue weighted by Gasteiger charge is -2.35. The number of benzene rings is 1. The zero-order valence-electron chi connectivity index (χ0n) is 22.8. The van der Waals surface area contributed by atoms with Gasteiger partial charge in [0.1, 0.15) is 22.1 Å².